The van der Waals surface area contributed by atoms with Crippen LogP contribution in [0.4, 0.5) is 4.39 Å². The van der Waals surface area contributed by atoms with Crippen LogP contribution in [0, 0.1) is 5.41 Å². The number of thioether (sulfide) groups is 1. The number of halogens is 1. The number of nitrogens with one attached hydrogen (secondary N) is 2. The molecule has 2 aliphatic rings. The first-order valence-electron chi connectivity index (χ1n) is 9.14. The van der Waals surface area contributed by atoms with E-state index in [1.165, 1.54) is 12.2 Å². The van der Waals surface area contributed by atoms with Crippen LogP contribution in [-0.2, 0) is 4.79 Å². The van der Waals surface area contributed by atoms with Crippen molar-refractivity contribution in [3.8, 4) is 0 Å². The maximum absolute atomic E-state index is 12.5. The molecule has 5 nitrogen and oxygen atoms in total. The predicted octanol–water partition coefficient (Wildman–Crippen LogP) is 3.97. The van der Waals surface area contributed by atoms with E-state index in [0.29, 0.717) is 25.9 Å². The van der Waals surface area contributed by atoms with E-state index in [0.717, 1.165) is 22.0 Å². The maximum atomic E-state index is 12.5. The Morgan fingerprint density at radius 1 is 1.48 bits per heavy atom. The average molecular weight is 391 g/mol. The largest absolute Gasteiger partial charge is 0.351 e. The van der Waals surface area contributed by atoms with Gasteiger partial charge in [0, 0.05) is 35.6 Å². The Morgan fingerprint density at radius 2 is 2.26 bits per heavy atom. The molecule has 0 aliphatic carbocycles. The Hall–Kier alpha value is -2.15. The summed E-state index contributed by atoms with van der Waals surface area (Å²) in [6.45, 7) is 6.19. The Balaban J connectivity index is 2.34. The van der Waals surface area contributed by atoms with Gasteiger partial charge in [0.1, 0.15) is 12.5 Å². The van der Waals surface area contributed by atoms with Gasteiger partial charge < -0.3 is 15.6 Å². The van der Waals surface area contributed by atoms with E-state index in [-0.39, 0.29) is 17.7 Å². The molecule has 1 fully saturated rings. The zero-order valence-electron chi connectivity index (χ0n) is 16.1. The Labute approximate surface area is 164 Å². The molecule has 0 radical (unpaired) electrons. The molecule has 1 atom stereocenters. The number of aliphatic imine (C=N–C) groups is 1. The Bertz CT molecular complexity index is 736. The van der Waals surface area contributed by atoms with Crippen molar-refractivity contribution in [1.29, 1.82) is 5.41 Å². The van der Waals surface area contributed by atoms with E-state index in [2.05, 4.69) is 10.2 Å². The summed E-state index contributed by atoms with van der Waals surface area (Å²) < 4.78 is 12.5. The topological polar surface area (TPSA) is 68.5 Å². The summed E-state index contributed by atoms with van der Waals surface area (Å²) in [7, 11) is 0. The summed E-state index contributed by atoms with van der Waals surface area (Å²) in [6, 6.07) is -0.0199. The van der Waals surface area contributed by atoms with Gasteiger partial charge in [0.25, 0.3) is 0 Å². The number of alkyl halides is 1. The third-order valence-electron chi connectivity index (χ3n) is 4.36. The fourth-order valence-corrected chi connectivity index (χ4v) is 3.80. The normalized spacial score (nSPS) is 20.4. The van der Waals surface area contributed by atoms with Gasteiger partial charge >= 0.3 is 0 Å². The number of fused-ring (bicyclic) bond motifs is 1. The smallest absolute Gasteiger partial charge is 0.220 e. The van der Waals surface area contributed by atoms with Crippen LogP contribution in [0.2, 0.25) is 0 Å². The van der Waals surface area contributed by atoms with Crippen molar-refractivity contribution in [1.82, 2.24) is 10.2 Å². The van der Waals surface area contributed by atoms with Gasteiger partial charge in [-0.1, -0.05) is 36.9 Å². The number of amides is 1. The SMILES string of the molecule is C/C=C\S/C(=C/C)C1=NCC(C(=N)/C=C\CF)=C2CC(NC(=O)CC)CN12. The van der Waals surface area contributed by atoms with E-state index in [1.54, 1.807) is 11.8 Å². The van der Waals surface area contributed by atoms with Gasteiger partial charge in [-0.3, -0.25) is 9.79 Å². The lowest BCUT2D eigenvalue weighted by molar-refractivity contribution is -0.121. The third-order valence-corrected chi connectivity index (χ3v) is 5.44. The molecule has 146 valence electrons. The summed E-state index contributed by atoms with van der Waals surface area (Å²) in [4.78, 5) is 19.7. The molecule has 0 aromatic heterocycles. The Kier molecular flexibility index (Phi) is 8.03. The Morgan fingerprint density at radius 3 is 2.89 bits per heavy atom. The van der Waals surface area contributed by atoms with Gasteiger partial charge in [-0.2, -0.15) is 0 Å². The number of amidine groups is 1. The van der Waals surface area contributed by atoms with Gasteiger partial charge in [-0.25, -0.2) is 4.39 Å². The molecule has 2 N–H and O–H groups in total. The maximum Gasteiger partial charge on any atom is 0.220 e. The highest BCUT2D eigenvalue weighted by Gasteiger charge is 2.36. The van der Waals surface area contributed by atoms with Gasteiger partial charge in [0.2, 0.25) is 5.91 Å². The first kappa shape index (κ1) is 21.2. The molecular formula is C20H27FN4OS. The van der Waals surface area contributed by atoms with E-state index in [1.807, 2.05) is 38.3 Å². The molecule has 1 unspecified atom stereocenters. The van der Waals surface area contributed by atoms with E-state index >= 15 is 0 Å². The van der Waals surface area contributed by atoms with Crippen molar-refractivity contribution in [3.63, 3.8) is 0 Å². The van der Waals surface area contributed by atoms with Gasteiger partial charge in [-0.15, -0.1) is 0 Å². The molecule has 0 aromatic carbocycles. The van der Waals surface area contributed by atoms with Crippen LogP contribution in [0.25, 0.3) is 0 Å². The van der Waals surface area contributed by atoms with Crippen molar-refractivity contribution in [3.05, 3.63) is 45.9 Å². The minimum absolute atomic E-state index is 0.0161. The lowest BCUT2D eigenvalue weighted by atomic mass is 10.0. The molecule has 2 heterocycles. The average Bonchev–Trinajstić information content (AvgIpc) is 3.09. The number of carbonyl (C=O) groups is 1. The highest BCUT2D eigenvalue weighted by atomic mass is 32.2. The molecule has 2 aliphatic heterocycles. The second kappa shape index (κ2) is 10.3. The van der Waals surface area contributed by atoms with Crippen LogP contribution in [-0.4, -0.2) is 48.2 Å². The van der Waals surface area contributed by atoms with Crippen molar-refractivity contribution in [2.75, 3.05) is 19.8 Å². The zero-order valence-corrected chi connectivity index (χ0v) is 16.9. The third kappa shape index (κ3) is 5.19. The fourth-order valence-electron chi connectivity index (χ4n) is 3.10. The lowest BCUT2D eigenvalue weighted by Gasteiger charge is -2.29. The monoisotopic (exact) mass is 390 g/mol. The van der Waals surface area contributed by atoms with Crippen LogP contribution in [0.3, 0.4) is 0 Å². The first-order valence-corrected chi connectivity index (χ1v) is 10.0. The molecular weight excluding hydrogens is 363 g/mol. The predicted molar refractivity (Wildman–Crippen MR) is 112 cm³/mol. The summed E-state index contributed by atoms with van der Waals surface area (Å²) in [5.74, 6) is 0.886. The summed E-state index contributed by atoms with van der Waals surface area (Å²) in [5.41, 5.74) is 2.07. The van der Waals surface area contributed by atoms with Gasteiger partial charge in [0.05, 0.1) is 18.3 Å². The number of hydrogen-bond donors (Lipinski definition) is 2. The van der Waals surface area contributed by atoms with Crippen molar-refractivity contribution in [2.24, 2.45) is 4.99 Å². The number of allylic oxidation sites excluding steroid dienone is 4. The number of nitrogens with zero attached hydrogens (tertiary/aromatic N) is 2. The highest BCUT2D eigenvalue weighted by Crippen LogP contribution is 2.34. The minimum atomic E-state index is -0.596. The first-order chi connectivity index (χ1) is 13.0. The molecule has 0 spiro atoms. The number of hydrogen-bond acceptors (Lipinski definition) is 5. The summed E-state index contributed by atoms with van der Waals surface area (Å²) in [6.07, 6.45) is 7.92. The summed E-state index contributed by atoms with van der Waals surface area (Å²) >= 11 is 1.60. The molecule has 0 bridgehead atoms. The lowest BCUT2D eigenvalue weighted by Crippen LogP contribution is -2.39. The zero-order chi connectivity index (χ0) is 19.8. The highest BCUT2D eigenvalue weighted by molar-refractivity contribution is 8.06. The number of rotatable bonds is 8. The van der Waals surface area contributed by atoms with Crippen LogP contribution >= 0.6 is 11.8 Å². The standard InChI is InChI=1S/C20H27FN4OS/c1-4-10-27-18(5-2)20-23-12-15(16(22)8-7-9-21)17-11-14(13-25(17)20)24-19(26)6-3/h4-5,7-8,10,14,22H,6,9,11-13H2,1-3H3,(H,24,26)/b8-7-,10-4-,18-5+,22-16?. The second-order valence-electron chi connectivity index (χ2n) is 6.21. The molecule has 0 aromatic rings. The van der Waals surface area contributed by atoms with Crippen molar-refractivity contribution >= 4 is 29.2 Å². The van der Waals surface area contributed by atoms with E-state index in [9.17, 15) is 9.18 Å². The second-order valence-corrected chi connectivity index (χ2v) is 7.16. The molecule has 1 saturated heterocycles. The van der Waals surface area contributed by atoms with Crippen LogP contribution < -0.4 is 5.32 Å². The van der Waals surface area contributed by atoms with Crippen LogP contribution in [0.15, 0.2) is 50.9 Å². The fraction of sp³-hybridized carbons (Fsp3) is 0.450. The molecule has 7 heteroatoms. The minimum Gasteiger partial charge on any atom is -0.351 e. The summed E-state index contributed by atoms with van der Waals surface area (Å²) in [5, 5.41) is 13.3. The quantitative estimate of drug-likeness (QED) is 0.616. The van der Waals surface area contributed by atoms with Crippen LogP contribution in [0.5, 0.6) is 0 Å². The number of carbonyl (C=O) groups excluding carboxylic acids is 1. The van der Waals surface area contributed by atoms with Gasteiger partial charge in [-0.05, 0) is 25.3 Å². The van der Waals surface area contributed by atoms with E-state index in [4.69, 9.17) is 10.4 Å². The molecule has 1 amide bonds. The molecule has 0 saturated carbocycles. The van der Waals surface area contributed by atoms with Crippen molar-refractivity contribution in [2.45, 2.75) is 39.7 Å². The van der Waals surface area contributed by atoms with Gasteiger partial charge in [0.15, 0.2) is 0 Å². The van der Waals surface area contributed by atoms with Crippen molar-refractivity contribution < 1.29 is 9.18 Å². The van der Waals surface area contributed by atoms with Crippen LogP contribution in [0.1, 0.15) is 33.6 Å². The van der Waals surface area contributed by atoms with E-state index < -0.39 is 6.67 Å². The molecule has 27 heavy (non-hydrogen) atoms. The molecule has 2 rings (SSSR count).